The summed E-state index contributed by atoms with van der Waals surface area (Å²) in [6, 6.07) is 16.1. The number of hydrogen-bond acceptors (Lipinski definition) is 6. The molecule has 0 saturated carbocycles. The first kappa shape index (κ1) is 26.9. The van der Waals surface area contributed by atoms with E-state index in [4.69, 9.17) is 14.0 Å². The first-order chi connectivity index (χ1) is 17.4. The van der Waals surface area contributed by atoms with E-state index in [1.54, 1.807) is 4.90 Å². The predicted molar refractivity (Wildman–Crippen MR) is 147 cm³/mol. The highest BCUT2D eigenvalue weighted by atomic mass is 28.4. The highest BCUT2D eigenvalue weighted by Crippen LogP contribution is 2.37. The fourth-order valence-corrected chi connectivity index (χ4v) is 5.03. The van der Waals surface area contributed by atoms with Crippen molar-refractivity contribution in [2.75, 3.05) is 24.6 Å². The van der Waals surface area contributed by atoms with Gasteiger partial charge < -0.3 is 19.3 Å². The van der Waals surface area contributed by atoms with Crippen molar-refractivity contribution in [1.29, 1.82) is 0 Å². The molecule has 8 nitrogen and oxygen atoms in total. The lowest BCUT2D eigenvalue weighted by atomic mass is 10.00. The second kappa shape index (κ2) is 10.7. The Labute approximate surface area is 220 Å². The molecule has 37 heavy (non-hydrogen) atoms. The minimum absolute atomic E-state index is 0.0496. The van der Waals surface area contributed by atoms with E-state index in [0.29, 0.717) is 19.7 Å². The summed E-state index contributed by atoms with van der Waals surface area (Å²) in [5, 5.41) is 7.18. The molecule has 1 N–H and O–H groups in total. The summed E-state index contributed by atoms with van der Waals surface area (Å²) in [5.41, 5.74) is 4.86. The summed E-state index contributed by atoms with van der Waals surface area (Å²) in [7, 11) is -1.82. The second-order valence-corrected chi connectivity index (χ2v) is 16.0. The Hall–Kier alpha value is -3.17. The summed E-state index contributed by atoms with van der Waals surface area (Å²) < 4.78 is 11.7. The molecule has 4 rings (SSSR count). The third-order valence-electron chi connectivity index (χ3n) is 7.35. The number of ether oxygens (including phenoxy) is 1. The van der Waals surface area contributed by atoms with Crippen molar-refractivity contribution in [3.05, 3.63) is 54.1 Å². The molecule has 2 amide bonds. The van der Waals surface area contributed by atoms with Gasteiger partial charge in [0.1, 0.15) is 6.10 Å². The fourth-order valence-electron chi connectivity index (χ4n) is 3.99. The number of nitrogens with zero attached hydrogens (tertiary/aromatic N) is 2. The molecule has 198 valence electrons. The van der Waals surface area contributed by atoms with Crippen LogP contribution in [0.4, 0.5) is 10.5 Å². The zero-order chi connectivity index (χ0) is 26.8. The Morgan fingerprint density at radius 3 is 2.24 bits per heavy atom. The average molecular weight is 524 g/mol. The number of anilines is 1. The van der Waals surface area contributed by atoms with Crippen molar-refractivity contribution in [1.82, 2.24) is 5.32 Å². The third kappa shape index (κ3) is 6.40. The number of nitrogens with one attached hydrogen (secondary N) is 1. The Bertz CT molecular complexity index is 1160. The maximum Gasteiger partial charge on any atom is 0.414 e. The van der Waals surface area contributed by atoms with Crippen LogP contribution >= 0.6 is 0 Å². The van der Waals surface area contributed by atoms with Gasteiger partial charge in [-0.2, -0.15) is 0 Å². The van der Waals surface area contributed by atoms with Crippen LogP contribution in [-0.4, -0.2) is 57.9 Å². The number of carbonyl (C=O) groups excluding carboxylic acids is 2. The van der Waals surface area contributed by atoms with Crippen LogP contribution in [0, 0.1) is 0 Å². The summed E-state index contributed by atoms with van der Waals surface area (Å²) in [4.78, 5) is 30.6. The first-order valence-electron chi connectivity index (χ1n) is 12.7. The molecule has 1 saturated heterocycles. The fraction of sp³-hybridized carbons (Fsp3) is 0.464. The van der Waals surface area contributed by atoms with Gasteiger partial charge in [-0.05, 0) is 47.0 Å². The smallest absolute Gasteiger partial charge is 0.414 e. The van der Waals surface area contributed by atoms with Gasteiger partial charge >= 0.3 is 6.09 Å². The monoisotopic (exact) mass is 523 g/mol. The average Bonchev–Trinajstić information content (AvgIpc) is 3.48. The van der Waals surface area contributed by atoms with Crippen LogP contribution in [0.2, 0.25) is 18.1 Å². The van der Waals surface area contributed by atoms with E-state index in [1.807, 2.05) is 24.3 Å². The summed E-state index contributed by atoms with van der Waals surface area (Å²) >= 11 is 0. The van der Waals surface area contributed by atoms with E-state index in [9.17, 15) is 9.59 Å². The van der Waals surface area contributed by atoms with E-state index in [0.717, 1.165) is 34.5 Å². The van der Waals surface area contributed by atoms with Crippen molar-refractivity contribution in [2.24, 2.45) is 5.16 Å². The van der Waals surface area contributed by atoms with Gasteiger partial charge in [-0.3, -0.25) is 9.69 Å². The zero-order valence-corrected chi connectivity index (χ0v) is 23.5. The molecule has 2 aliphatic heterocycles. The Morgan fingerprint density at radius 2 is 1.65 bits per heavy atom. The number of amides is 2. The highest BCUT2D eigenvalue weighted by molar-refractivity contribution is 6.74. The van der Waals surface area contributed by atoms with Crippen molar-refractivity contribution in [2.45, 2.75) is 64.5 Å². The standard InChI is InChI=1S/C28H37N3O5Si/c1-19(32)29-16-25-17-31(27(33)35-25)23-13-11-21(12-14-23)20-7-9-22(10-8-20)26-15-24(36-30-26)18-34-37(5,6)28(2,3)4/h7-14,24-25H,15-18H2,1-6H3,(H,29,32)/t24?,25-/m0/s1. The van der Waals surface area contributed by atoms with E-state index < -0.39 is 14.4 Å². The zero-order valence-electron chi connectivity index (χ0n) is 22.5. The predicted octanol–water partition coefficient (Wildman–Crippen LogP) is 5.33. The van der Waals surface area contributed by atoms with E-state index in [1.165, 1.54) is 6.92 Å². The summed E-state index contributed by atoms with van der Waals surface area (Å²) in [5.74, 6) is -0.145. The van der Waals surface area contributed by atoms with Crippen LogP contribution in [0.3, 0.4) is 0 Å². The Balaban J connectivity index is 1.33. The van der Waals surface area contributed by atoms with Gasteiger partial charge in [0.25, 0.3) is 0 Å². The largest absolute Gasteiger partial charge is 0.442 e. The van der Waals surface area contributed by atoms with Gasteiger partial charge in [-0.15, -0.1) is 0 Å². The molecule has 0 bridgehead atoms. The van der Waals surface area contributed by atoms with Crippen LogP contribution in [-0.2, 0) is 18.8 Å². The molecule has 2 aromatic carbocycles. The number of oxime groups is 1. The molecule has 2 aromatic rings. The molecule has 2 aliphatic rings. The molecule has 0 radical (unpaired) electrons. The van der Waals surface area contributed by atoms with Crippen LogP contribution in [0.15, 0.2) is 53.7 Å². The van der Waals surface area contributed by atoms with Crippen molar-refractivity contribution in [3.63, 3.8) is 0 Å². The molecule has 0 aliphatic carbocycles. The Morgan fingerprint density at radius 1 is 1.05 bits per heavy atom. The number of benzene rings is 2. The molecular formula is C28H37N3O5Si. The first-order valence-corrected chi connectivity index (χ1v) is 15.6. The molecule has 2 atom stereocenters. The number of rotatable bonds is 8. The van der Waals surface area contributed by atoms with Crippen molar-refractivity contribution in [3.8, 4) is 11.1 Å². The summed E-state index contributed by atoms with van der Waals surface area (Å²) in [6.45, 7) is 13.9. The molecule has 0 spiro atoms. The van der Waals surface area contributed by atoms with E-state index >= 15 is 0 Å². The van der Waals surface area contributed by atoms with Crippen LogP contribution in [0.25, 0.3) is 11.1 Å². The molecular weight excluding hydrogens is 486 g/mol. The number of cyclic esters (lactones) is 1. The second-order valence-electron chi connectivity index (χ2n) is 11.2. The number of carbonyl (C=O) groups is 2. The van der Waals surface area contributed by atoms with Gasteiger partial charge in [0.15, 0.2) is 14.4 Å². The quantitative estimate of drug-likeness (QED) is 0.473. The minimum atomic E-state index is -1.82. The lowest BCUT2D eigenvalue weighted by molar-refractivity contribution is -0.119. The molecule has 9 heteroatoms. The SMILES string of the molecule is CC(=O)NC[C@H]1CN(c2ccc(-c3ccc(C4=NOC(CO[Si](C)(C)C(C)(C)C)C4)cc3)cc2)C(=O)O1. The maximum absolute atomic E-state index is 12.3. The normalized spacial score (nSPS) is 19.9. The van der Waals surface area contributed by atoms with Crippen molar-refractivity contribution < 1.29 is 23.6 Å². The lowest BCUT2D eigenvalue weighted by Gasteiger charge is -2.36. The summed E-state index contributed by atoms with van der Waals surface area (Å²) in [6.07, 6.45) is -0.0758. The molecule has 1 fully saturated rings. The third-order valence-corrected chi connectivity index (χ3v) is 11.9. The van der Waals surface area contributed by atoms with Gasteiger partial charge in [0, 0.05) is 19.0 Å². The minimum Gasteiger partial charge on any atom is -0.442 e. The maximum atomic E-state index is 12.3. The van der Waals surface area contributed by atoms with Gasteiger partial charge in [-0.1, -0.05) is 62.3 Å². The van der Waals surface area contributed by atoms with Gasteiger partial charge in [0.2, 0.25) is 5.91 Å². The van der Waals surface area contributed by atoms with Gasteiger partial charge in [-0.25, -0.2) is 4.79 Å². The van der Waals surface area contributed by atoms with Gasteiger partial charge in [0.05, 0.1) is 25.4 Å². The Kier molecular flexibility index (Phi) is 7.75. The van der Waals surface area contributed by atoms with Crippen molar-refractivity contribution >= 4 is 31.7 Å². The topological polar surface area (TPSA) is 89.5 Å². The van der Waals surface area contributed by atoms with E-state index in [-0.39, 0.29) is 23.2 Å². The molecule has 2 heterocycles. The van der Waals surface area contributed by atoms with Crippen LogP contribution in [0.5, 0.6) is 0 Å². The van der Waals surface area contributed by atoms with Crippen LogP contribution in [0.1, 0.15) is 39.7 Å². The highest BCUT2D eigenvalue weighted by Gasteiger charge is 2.38. The van der Waals surface area contributed by atoms with E-state index in [2.05, 4.69) is 68.6 Å². The molecule has 1 unspecified atom stereocenters. The lowest BCUT2D eigenvalue weighted by Crippen LogP contribution is -2.42. The number of hydrogen-bond donors (Lipinski definition) is 1. The van der Waals surface area contributed by atoms with Crippen LogP contribution < -0.4 is 10.2 Å². The molecule has 0 aromatic heterocycles.